The summed E-state index contributed by atoms with van der Waals surface area (Å²) in [6.07, 6.45) is 0. The molecule has 0 radical (unpaired) electrons. The van der Waals surface area contributed by atoms with Crippen LogP contribution in [-0.4, -0.2) is 69.5 Å². The van der Waals surface area contributed by atoms with Gasteiger partial charge in [0.2, 0.25) is 5.91 Å². The molecule has 29 heavy (non-hydrogen) atoms. The average Bonchev–Trinajstić information content (AvgIpc) is 3.17. The number of halogens is 1. The predicted molar refractivity (Wildman–Crippen MR) is 112 cm³/mol. The first-order chi connectivity index (χ1) is 14.1. The van der Waals surface area contributed by atoms with E-state index in [1.54, 1.807) is 12.1 Å². The molecule has 0 unspecified atom stereocenters. The van der Waals surface area contributed by atoms with E-state index in [9.17, 15) is 9.18 Å². The average molecular weight is 412 g/mol. The lowest BCUT2D eigenvalue weighted by Gasteiger charge is -2.32. The Bertz CT molecular complexity index is 968. The molecule has 0 atom stereocenters. The highest BCUT2D eigenvalue weighted by molar-refractivity contribution is 7.99. The topological polar surface area (TPSA) is 54.3 Å². The third-order valence-corrected chi connectivity index (χ3v) is 5.84. The second-order valence-corrected chi connectivity index (χ2v) is 7.90. The smallest absolute Gasteiger partial charge is 0.233 e. The van der Waals surface area contributed by atoms with Crippen molar-refractivity contribution in [1.82, 2.24) is 24.6 Å². The molecule has 1 saturated heterocycles. The summed E-state index contributed by atoms with van der Waals surface area (Å²) in [5.74, 6) is 0.727. The van der Waals surface area contributed by atoms with Crippen LogP contribution < -0.4 is 0 Å². The van der Waals surface area contributed by atoms with Gasteiger partial charge < -0.3 is 9.80 Å². The molecular weight excluding hydrogens is 389 g/mol. The van der Waals surface area contributed by atoms with Crippen LogP contribution in [0, 0.1) is 5.82 Å². The van der Waals surface area contributed by atoms with Gasteiger partial charge in [0.1, 0.15) is 5.82 Å². The maximum atomic E-state index is 13.3. The third-order valence-electron chi connectivity index (χ3n) is 4.93. The van der Waals surface area contributed by atoms with Crippen LogP contribution in [0.2, 0.25) is 0 Å². The molecule has 3 aromatic rings. The van der Waals surface area contributed by atoms with Gasteiger partial charge in [-0.3, -0.25) is 9.36 Å². The fourth-order valence-corrected chi connectivity index (χ4v) is 4.09. The molecule has 0 spiro atoms. The van der Waals surface area contributed by atoms with Gasteiger partial charge in [-0.2, -0.15) is 0 Å². The Hall–Kier alpha value is -2.71. The van der Waals surface area contributed by atoms with Crippen LogP contribution in [0.3, 0.4) is 0 Å². The Morgan fingerprint density at radius 1 is 1.00 bits per heavy atom. The third kappa shape index (κ3) is 4.49. The van der Waals surface area contributed by atoms with E-state index in [2.05, 4.69) is 22.1 Å². The number of rotatable bonds is 5. The van der Waals surface area contributed by atoms with Crippen LogP contribution in [0.25, 0.3) is 17.1 Å². The predicted octanol–water partition coefficient (Wildman–Crippen LogP) is 2.94. The van der Waals surface area contributed by atoms with Crippen molar-refractivity contribution in [2.24, 2.45) is 0 Å². The molecular formula is C21H22FN5OS. The van der Waals surface area contributed by atoms with Gasteiger partial charge in [-0.25, -0.2) is 4.39 Å². The van der Waals surface area contributed by atoms with Gasteiger partial charge in [-0.1, -0.05) is 30.0 Å². The summed E-state index contributed by atoms with van der Waals surface area (Å²) in [6, 6.07) is 15.9. The minimum absolute atomic E-state index is 0.106. The molecule has 1 aliphatic heterocycles. The summed E-state index contributed by atoms with van der Waals surface area (Å²) in [5.41, 5.74) is 1.66. The SMILES string of the molecule is CN1CCN(C(=O)CSc2nnc(-c3ccc(F)cc3)n2-c2ccccc2)CC1. The summed E-state index contributed by atoms with van der Waals surface area (Å²) in [5, 5.41) is 9.29. The summed E-state index contributed by atoms with van der Waals surface area (Å²) in [7, 11) is 2.07. The number of carbonyl (C=O) groups is 1. The fraction of sp³-hybridized carbons (Fsp3) is 0.286. The Kier molecular flexibility index (Phi) is 5.92. The molecule has 0 aliphatic carbocycles. The molecule has 0 saturated carbocycles. The molecule has 1 amide bonds. The van der Waals surface area contributed by atoms with Crippen LogP contribution in [0.1, 0.15) is 0 Å². The van der Waals surface area contributed by atoms with Gasteiger partial charge in [-0.15, -0.1) is 10.2 Å². The Morgan fingerprint density at radius 2 is 1.69 bits per heavy atom. The van der Waals surface area contributed by atoms with Gasteiger partial charge in [0, 0.05) is 37.4 Å². The van der Waals surface area contributed by atoms with Crippen LogP contribution in [0.15, 0.2) is 59.8 Å². The molecule has 6 nitrogen and oxygen atoms in total. The Labute approximate surface area is 173 Å². The minimum atomic E-state index is -0.299. The zero-order chi connectivity index (χ0) is 20.2. The molecule has 150 valence electrons. The molecule has 4 rings (SSSR count). The number of para-hydroxylation sites is 1. The number of nitrogens with zero attached hydrogens (tertiary/aromatic N) is 5. The first-order valence-corrected chi connectivity index (χ1v) is 10.5. The van der Waals surface area contributed by atoms with Crippen molar-refractivity contribution in [2.45, 2.75) is 5.16 Å². The first-order valence-electron chi connectivity index (χ1n) is 9.48. The highest BCUT2D eigenvalue weighted by Crippen LogP contribution is 2.28. The quantitative estimate of drug-likeness (QED) is 0.605. The van der Waals surface area contributed by atoms with Crippen molar-refractivity contribution >= 4 is 17.7 Å². The van der Waals surface area contributed by atoms with Gasteiger partial charge >= 0.3 is 0 Å². The minimum Gasteiger partial charge on any atom is -0.339 e. The highest BCUT2D eigenvalue weighted by atomic mass is 32.2. The van der Waals surface area contributed by atoms with Crippen molar-refractivity contribution < 1.29 is 9.18 Å². The molecule has 0 N–H and O–H groups in total. The zero-order valence-electron chi connectivity index (χ0n) is 16.2. The summed E-state index contributed by atoms with van der Waals surface area (Å²) < 4.78 is 15.3. The number of aromatic nitrogens is 3. The Balaban J connectivity index is 1.58. The van der Waals surface area contributed by atoms with Crippen LogP contribution in [0.4, 0.5) is 4.39 Å². The van der Waals surface area contributed by atoms with Crippen molar-refractivity contribution in [3.63, 3.8) is 0 Å². The number of likely N-dealkylation sites (N-methyl/N-ethyl adjacent to an activating group) is 1. The normalized spacial score (nSPS) is 14.9. The molecule has 8 heteroatoms. The number of benzene rings is 2. The van der Waals surface area contributed by atoms with Crippen molar-refractivity contribution in [3.8, 4) is 17.1 Å². The fourth-order valence-electron chi connectivity index (χ4n) is 3.23. The van der Waals surface area contributed by atoms with Gasteiger partial charge in [0.15, 0.2) is 11.0 Å². The molecule has 1 aliphatic rings. The van der Waals surface area contributed by atoms with Gasteiger partial charge in [0.25, 0.3) is 0 Å². The maximum Gasteiger partial charge on any atom is 0.233 e. The largest absolute Gasteiger partial charge is 0.339 e. The number of piperazine rings is 1. The summed E-state index contributed by atoms with van der Waals surface area (Å²) >= 11 is 1.37. The second kappa shape index (κ2) is 8.75. The lowest BCUT2D eigenvalue weighted by Crippen LogP contribution is -2.47. The van der Waals surface area contributed by atoms with E-state index in [0.29, 0.717) is 16.7 Å². The number of carbonyl (C=O) groups excluding carboxylic acids is 1. The number of hydrogen-bond acceptors (Lipinski definition) is 5. The van der Waals surface area contributed by atoms with E-state index >= 15 is 0 Å². The molecule has 2 aromatic carbocycles. The summed E-state index contributed by atoms with van der Waals surface area (Å²) in [4.78, 5) is 16.7. The van der Waals surface area contributed by atoms with E-state index in [1.807, 2.05) is 39.8 Å². The van der Waals surface area contributed by atoms with E-state index in [4.69, 9.17) is 0 Å². The van der Waals surface area contributed by atoms with Crippen molar-refractivity contribution in [3.05, 3.63) is 60.4 Å². The van der Waals surface area contributed by atoms with Crippen LogP contribution in [-0.2, 0) is 4.79 Å². The zero-order valence-corrected chi connectivity index (χ0v) is 17.0. The molecule has 2 heterocycles. The van der Waals surface area contributed by atoms with E-state index in [1.165, 1.54) is 23.9 Å². The summed E-state index contributed by atoms with van der Waals surface area (Å²) in [6.45, 7) is 3.29. The molecule has 1 aromatic heterocycles. The molecule has 0 bridgehead atoms. The highest BCUT2D eigenvalue weighted by Gasteiger charge is 2.21. The number of amides is 1. The standard InChI is InChI=1S/C21H22FN5OS/c1-25-11-13-26(14-12-25)19(28)15-29-21-24-23-20(16-7-9-17(22)10-8-16)27(21)18-5-3-2-4-6-18/h2-10H,11-15H2,1H3. The van der Waals surface area contributed by atoms with Crippen molar-refractivity contribution in [1.29, 1.82) is 0 Å². The lowest BCUT2D eigenvalue weighted by atomic mass is 10.2. The monoisotopic (exact) mass is 411 g/mol. The van der Waals surface area contributed by atoms with Gasteiger partial charge in [-0.05, 0) is 43.4 Å². The van der Waals surface area contributed by atoms with Gasteiger partial charge in [0.05, 0.1) is 5.75 Å². The number of thioether (sulfide) groups is 1. The van der Waals surface area contributed by atoms with E-state index in [0.717, 1.165) is 37.4 Å². The van der Waals surface area contributed by atoms with Crippen LogP contribution in [0.5, 0.6) is 0 Å². The van der Waals surface area contributed by atoms with Crippen molar-refractivity contribution in [2.75, 3.05) is 39.0 Å². The lowest BCUT2D eigenvalue weighted by molar-refractivity contribution is -0.129. The first kappa shape index (κ1) is 19.6. The van der Waals surface area contributed by atoms with E-state index in [-0.39, 0.29) is 11.7 Å². The Morgan fingerprint density at radius 3 is 2.38 bits per heavy atom. The second-order valence-electron chi connectivity index (χ2n) is 6.96. The van der Waals surface area contributed by atoms with Crippen LogP contribution >= 0.6 is 11.8 Å². The number of hydrogen-bond donors (Lipinski definition) is 0. The maximum absolute atomic E-state index is 13.3. The van der Waals surface area contributed by atoms with E-state index < -0.39 is 0 Å². The molecule has 1 fully saturated rings.